The summed E-state index contributed by atoms with van der Waals surface area (Å²) in [7, 11) is 0. The molecule has 3 aromatic heterocycles. The largest absolute Gasteiger partial charge is 0.465 e. The van der Waals surface area contributed by atoms with Crippen LogP contribution in [-0.2, 0) is 9.53 Å². The van der Waals surface area contributed by atoms with E-state index in [4.69, 9.17) is 4.74 Å². The van der Waals surface area contributed by atoms with Gasteiger partial charge in [-0.05, 0) is 38.1 Å². The molecule has 3 rings (SSSR count). The number of fused-ring (bicyclic) bond motifs is 1. The van der Waals surface area contributed by atoms with Crippen molar-refractivity contribution in [1.82, 2.24) is 24.8 Å². The van der Waals surface area contributed by atoms with Gasteiger partial charge in [0, 0.05) is 18.0 Å². The highest BCUT2D eigenvalue weighted by molar-refractivity contribution is 8.00. The third-order valence-electron chi connectivity index (χ3n) is 3.09. The van der Waals surface area contributed by atoms with E-state index >= 15 is 0 Å². The summed E-state index contributed by atoms with van der Waals surface area (Å²) < 4.78 is 6.68. The van der Waals surface area contributed by atoms with Gasteiger partial charge in [-0.1, -0.05) is 11.8 Å². The maximum Gasteiger partial charge on any atom is 0.319 e. The normalized spacial score (nSPS) is 12.3. The highest BCUT2D eigenvalue weighted by Crippen LogP contribution is 2.24. The van der Waals surface area contributed by atoms with E-state index in [1.807, 2.05) is 24.3 Å². The number of ether oxygens (including phenoxy) is 1. The Morgan fingerprint density at radius 2 is 2.04 bits per heavy atom. The first kappa shape index (κ1) is 15.4. The lowest BCUT2D eigenvalue weighted by atomic mass is 10.2. The third-order valence-corrected chi connectivity index (χ3v) is 4.10. The van der Waals surface area contributed by atoms with Crippen molar-refractivity contribution in [2.45, 2.75) is 24.1 Å². The molecule has 0 saturated heterocycles. The van der Waals surface area contributed by atoms with Crippen molar-refractivity contribution >= 4 is 23.4 Å². The number of thioether (sulfide) groups is 1. The Bertz CT molecular complexity index is 821. The zero-order chi connectivity index (χ0) is 16.2. The summed E-state index contributed by atoms with van der Waals surface area (Å²) in [6, 6.07) is 7.34. The van der Waals surface area contributed by atoms with E-state index in [9.17, 15) is 4.79 Å². The molecule has 0 N–H and O–H groups in total. The molecule has 0 aromatic carbocycles. The number of pyridine rings is 1. The van der Waals surface area contributed by atoms with Crippen LogP contribution in [0.2, 0.25) is 0 Å². The summed E-state index contributed by atoms with van der Waals surface area (Å²) >= 11 is 1.34. The van der Waals surface area contributed by atoms with Crippen molar-refractivity contribution < 1.29 is 9.53 Å². The first-order chi connectivity index (χ1) is 11.2. The molecule has 3 aromatic rings. The zero-order valence-electron chi connectivity index (χ0n) is 12.7. The van der Waals surface area contributed by atoms with Crippen LogP contribution in [0.4, 0.5) is 0 Å². The Hall–Kier alpha value is -2.48. The van der Waals surface area contributed by atoms with Gasteiger partial charge < -0.3 is 4.74 Å². The van der Waals surface area contributed by atoms with Gasteiger partial charge in [0.15, 0.2) is 11.5 Å². The summed E-state index contributed by atoms with van der Waals surface area (Å²) in [6.45, 7) is 3.95. The van der Waals surface area contributed by atoms with Crippen LogP contribution in [0.5, 0.6) is 0 Å². The fourth-order valence-corrected chi connectivity index (χ4v) is 2.81. The maximum atomic E-state index is 11.7. The van der Waals surface area contributed by atoms with E-state index in [1.165, 1.54) is 11.8 Å². The average molecular weight is 329 g/mol. The van der Waals surface area contributed by atoms with Gasteiger partial charge in [-0.2, -0.15) is 9.61 Å². The van der Waals surface area contributed by atoms with Crippen LogP contribution in [0.25, 0.3) is 17.0 Å². The number of nitrogens with zero attached hydrogens (tertiary/aromatic N) is 5. The Labute approximate surface area is 137 Å². The third kappa shape index (κ3) is 3.31. The van der Waals surface area contributed by atoms with Crippen molar-refractivity contribution in [1.29, 1.82) is 0 Å². The predicted octanol–water partition coefficient (Wildman–Crippen LogP) is 2.23. The molecule has 0 aliphatic carbocycles. The number of hydrogen-bond acceptors (Lipinski definition) is 7. The molecule has 3 heterocycles. The van der Waals surface area contributed by atoms with Gasteiger partial charge in [0.25, 0.3) is 0 Å². The SMILES string of the molecule is CCOC(=O)C(C)Sc1ccc2nnc(-c3ccncc3)n2n1. The van der Waals surface area contributed by atoms with Crippen LogP contribution >= 0.6 is 11.8 Å². The second-order valence-corrected chi connectivity index (χ2v) is 6.07. The van der Waals surface area contributed by atoms with Gasteiger partial charge in [-0.3, -0.25) is 9.78 Å². The second kappa shape index (κ2) is 6.74. The number of carbonyl (C=O) groups is 1. The van der Waals surface area contributed by atoms with Gasteiger partial charge in [0.05, 0.1) is 6.61 Å². The summed E-state index contributed by atoms with van der Waals surface area (Å²) in [5.74, 6) is 0.381. The van der Waals surface area contributed by atoms with Crippen LogP contribution in [0.15, 0.2) is 41.7 Å². The van der Waals surface area contributed by atoms with Gasteiger partial charge >= 0.3 is 5.97 Å². The van der Waals surface area contributed by atoms with E-state index in [-0.39, 0.29) is 11.2 Å². The van der Waals surface area contributed by atoms with Crippen LogP contribution in [0, 0.1) is 0 Å². The quantitative estimate of drug-likeness (QED) is 0.524. The highest BCUT2D eigenvalue weighted by Gasteiger charge is 2.17. The molecule has 7 nitrogen and oxygen atoms in total. The molecule has 0 bridgehead atoms. The highest BCUT2D eigenvalue weighted by atomic mass is 32.2. The lowest BCUT2D eigenvalue weighted by Crippen LogP contribution is -2.17. The molecule has 8 heteroatoms. The summed E-state index contributed by atoms with van der Waals surface area (Å²) in [5.41, 5.74) is 1.52. The smallest absolute Gasteiger partial charge is 0.319 e. The summed E-state index contributed by atoms with van der Waals surface area (Å²) in [4.78, 5) is 15.7. The number of carbonyl (C=O) groups excluding carboxylic acids is 1. The molecule has 0 aliphatic heterocycles. The zero-order valence-corrected chi connectivity index (χ0v) is 13.5. The molecule has 0 fully saturated rings. The van der Waals surface area contributed by atoms with Gasteiger partial charge in [0.1, 0.15) is 10.3 Å². The van der Waals surface area contributed by atoms with E-state index in [1.54, 1.807) is 30.8 Å². The number of hydrogen-bond donors (Lipinski definition) is 0. The van der Waals surface area contributed by atoms with Crippen molar-refractivity contribution in [2.24, 2.45) is 0 Å². The molecule has 23 heavy (non-hydrogen) atoms. The van der Waals surface area contributed by atoms with E-state index in [0.29, 0.717) is 23.1 Å². The molecular formula is C15H15N5O2S. The fraction of sp³-hybridized carbons (Fsp3) is 0.267. The standard InChI is InChI=1S/C15H15N5O2S/c1-3-22-15(21)10(2)23-13-5-4-12-17-18-14(20(12)19-13)11-6-8-16-9-7-11/h4-10H,3H2,1-2H3. The molecule has 0 radical (unpaired) electrons. The minimum absolute atomic E-state index is 0.252. The van der Waals surface area contributed by atoms with Crippen molar-refractivity contribution in [3.05, 3.63) is 36.7 Å². The number of aromatic nitrogens is 5. The monoisotopic (exact) mass is 329 g/mol. The molecule has 0 saturated carbocycles. The Morgan fingerprint density at radius 3 is 2.78 bits per heavy atom. The van der Waals surface area contributed by atoms with Crippen LogP contribution < -0.4 is 0 Å². The topological polar surface area (TPSA) is 82.3 Å². The van der Waals surface area contributed by atoms with Crippen LogP contribution in [0.1, 0.15) is 13.8 Å². The predicted molar refractivity (Wildman–Crippen MR) is 86.0 cm³/mol. The minimum Gasteiger partial charge on any atom is -0.465 e. The number of esters is 1. The van der Waals surface area contributed by atoms with Crippen molar-refractivity contribution in [3.63, 3.8) is 0 Å². The molecule has 0 aliphatic rings. The van der Waals surface area contributed by atoms with Gasteiger partial charge in [-0.25, -0.2) is 0 Å². The molecule has 0 spiro atoms. The second-order valence-electron chi connectivity index (χ2n) is 4.71. The van der Waals surface area contributed by atoms with Crippen molar-refractivity contribution in [3.8, 4) is 11.4 Å². The van der Waals surface area contributed by atoms with E-state index in [0.717, 1.165) is 5.56 Å². The van der Waals surface area contributed by atoms with Gasteiger partial charge in [0.2, 0.25) is 0 Å². The minimum atomic E-state index is -0.333. The Balaban J connectivity index is 1.91. The number of rotatable bonds is 5. The molecule has 0 amide bonds. The lowest BCUT2D eigenvalue weighted by molar-refractivity contribution is -0.142. The first-order valence-electron chi connectivity index (χ1n) is 7.15. The summed E-state index contributed by atoms with van der Waals surface area (Å²) in [5, 5.41) is 13.2. The van der Waals surface area contributed by atoms with E-state index < -0.39 is 0 Å². The van der Waals surface area contributed by atoms with Crippen molar-refractivity contribution in [2.75, 3.05) is 6.61 Å². The molecule has 1 unspecified atom stereocenters. The molecular weight excluding hydrogens is 314 g/mol. The summed E-state index contributed by atoms with van der Waals surface area (Å²) in [6.07, 6.45) is 3.38. The van der Waals surface area contributed by atoms with Gasteiger partial charge in [-0.15, -0.1) is 10.2 Å². The fourth-order valence-electron chi connectivity index (χ4n) is 2.00. The first-order valence-corrected chi connectivity index (χ1v) is 8.03. The molecule has 1 atom stereocenters. The Kier molecular flexibility index (Phi) is 4.52. The lowest BCUT2D eigenvalue weighted by Gasteiger charge is -2.09. The van der Waals surface area contributed by atoms with E-state index in [2.05, 4.69) is 20.3 Å². The Morgan fingerprint density at radius 1 is 1.26 bits per heavy atom. The maximum absolute atomic E-state index is 11.7. The van der Waals surface area contributed by atoms with Crippen LogP contribution in [0.3, 0.4) is 0 Å². The van der Waals surface area contributed by atoms with Crippen LogP contribution in [-0.4, -0.2) is 42.6 Å². The molecule has 118 valence electrons. The average Bonchev–Trinajstić information content (AvgIpc) is 2.99.